The Labute approximate surface area is 186 Å². The van der Waals surface area contributed by atoms with Crippen molar-refractivity contribution in [2.45, 2.75) is 37.8 Å². The molecule has 0 radical (unpaired) electrons. The van der Waals surface area contributed by atoms with E-state index in [0.29, 0.717) is 23.3 Å². The zero-order valence-electron chi connectivity index (χ0n) is 17.7. The number of benzene rings is 2. The van der Waals surface area contributed by atoms with Crippen LogP contribution in [0.4, 0.5) is 4.39 Å². The normalized spacial score (nSPS) is 12.2. The number of halogens is 1. The zero-order chi connectivity index (χ0) is 23.1. The van der Waals surface area contributed by atoms with Crippen LogP contribution >= 0.6 is 0 Å². The molecule has 1 unspecified atom stereocenters. The van der Waals surface area contributed by atoms with Crippen LogP contribution in [-0.4, -0.2) is 25.4 Å². The third-order valence-corrected chi connectivity index (χ3v) is 6.30. The summed E-state index contributed by atoms with van der Waals surface area (Å²) in [4.78, 5) is 16.8. The summed E-state index contributed by atoms with van der Waals surface area (Å²) in [6.07, 6.45) is 2.20. The van der Waals surface area contributed by atoms with Gasteiger partial charge in [0, 0.05) is 36.0 Å². The number of hydrogen-bond acceptors (Lipinski definition) is 5. The fourth-order valence-corrected chi connectivity index (χ4v) is 4.10. The summed E-state index contributed by atoms with van der Waals surface area (Å²) in [6.45, 7) is 3.79. The van der Waals surface area contributed by atoms with Gasteiger partial charge in [-0.3, -0.25) is 4.79 Å². The number of hydrogen-bond donors (Lipinski definition) is 2. The molecule has 0 fully saturated rings. The van der Waals surface area contributed by atoms with Gasteiger partial charge >= 0.3 is 0 Å². The number of pyridine rings is 1. The standard InChI is InChI=1S/C23H24FN3O4S/c1-3-16(2)27-32(29,30)21-11-9-17(10-12-21)22(28)26-15-18-6-5-13-25-23(18)31-20-8-4-7-19(24)14-20/h4-14,16,27H,3,15H2,1-2H3,(H,26,28). The minimum absolute atomic E-state index is 0.0902. The Bertz CT molecular complexity index is 1180. The highest BCUT2D eigenvalue weighted by molar-refractivity contribution is 7.89. The highest BCUT2D eigenvalue weighted by Gasteiger charge is 2.17. The molecule has 0 saturated heterocycles. The molecule has 0 spiro atoms. The maximum absolute atomic E-state index is 13.4. The number of nitrogens with zero attached hydrogens (tertiary/aromatic N) is 1. The van der Waals surface area contributed by atoms with Crippen LogP contribution in [0, 0.1) is 5.82 Å². The summed E-state index contributed by atoms with van der Waals surface area (Å²) in [7, 11) is -3.64. The molecule has 1 amide bonds. The van der Waals surface area contributed by atoms with Gasteiger partial charge in [-0.2, -0.15) is 0 Å². The Balaban J connectivity index is 1.66. The summed E-state index contributed by atoms with van der Waals surface area (Å²) in [5.74, 6) is -0.280. The molecule has 7 nitrogen and oxygen atoms in total. The lowest BCUT2D eigenvalue weighted by Gasteiger charge is -2.13. The van der Waals surface area contributed by atoms with Crippen LogP contribution in [0.5, 0.6) is 11.6 Å². The van der Waals surface area contributed by atoms with Crippen molar-refractivity contribution in [1.29, 1.82) is 0 Å². The molecule has 3 aromatic rings. The molecule has 3 rings (SSSR count). The molecule has 2 N–H and O–H groups in total. The van der Waals surface area contributed by atoms with Crippen molar-refractivity contribution in [2.24, 2.45) is 0 Å². The first-order chi connectivity index (χ1) is 15.3. The van der Waals surface area contributed by atoms with Gasteiger partial charge in [0.15, 0.2) is 0 Å². The van der Waals surface area contributed by atoms with Crippen LogP contribution in [0.3, 0.4) is 0 Å². The highest BCUT2D eigenvalue weighted by atomic mass is 32.2. The summed E-state index contributed by atoms with van der Waals surface area (Å²) < 4.78 is 46.3. The second-order valence-corrected chi connectivity index (χ2v) is 8.88. The van der Waals surface area contributed by atoms with Gasteiger partial charge in [0.25, 0.3) is 5.91 Å². The Morgan fingerprint density at radius 3 is 2.56 bits per heavy atom. The quantitative estimate of drug-likeness (QED) is 0.506. The topological polar surface area (TPSA) is 97.4 Å². The van der Waals surface area contributed by atoms with Gasteiger partial charge < -0.3 is 10.1 Å². The van der Waals surface area contributed by atoms with Crippen molar-refractivity contribution in [3.05, 3.63) is 83.8 Å². The van der Waals surface area contributed by atoms with Crippen molar-refractivity contribution < 1.29 is 22.3 Å². The van der Waals surface area contributed by atoms with Crippen molar-refractivity contribution in [1.82, 2.24) is 15.0 Å². The Morgan fingerprint density at radius 1 is 1.12 bits per heavy atom. The summed E-state index contributed by atoms with van der Waals surface area (Å²) >= 11 is 0. The van der Waals surface area contributed by atoms with Crippen LogP contribution in [0.2, 0.25) is 0 Å². The number of carbonyl (C=O) groups is 1. The van der Waals surface area contributed by atoms with E-state index in [1.54, 1.807) is 25.1 Å². The van der Waals surface area contributed by atoms with Gasteiger partial charge in [0.1, 0.15) is 11.6 Å². The number of rotatable bonds is 9. The van der Waals surface area contributed by atoms with E-state index in [4.69, 9.17) is 4.74 Å². The Morgan fingerprint density at radius 2 is 1.88 bits per heavy atom. The van der Waals surface area contributed by atoms with Crippen LogP contribution in [0.15, 0.2) is 71.8 Å². The van der Waals surface area contributed by atoms with Crippen LogP contribution in [0.25, 0.3) is 0 Å². The number of aromatic nitrogens is 1. The first kappa shape index (κ1) is 23.4. The molecule has 2 aromatic carbocycles. The van der Waals surface area contributed by atoms with E-state index in [0.717, 1.165) is 0 Å². The summed E-state index contributed by atoms with van der Waals surface area (Å²) in [5.41, 5.74) is 0.908. The monoisotopic (exact) mass is 457 g/mol. The van der Waals surface area contributed by atoms with Crippen molar-refractivity contribution in [3.8, 4) is 11.6 Å². The van der Waals surface area contributed by atoms with Gasteiger partial charge in [0.05, 0.1) is 4.90 Å². The van der Waals surface area contributed by atoms with E-state index in [2.05, 4.69) is 15.0 Å². The molecule has 0 bridgehead atoms. The average Bonchev–Trinajstić information content (AvgIpc) is 2.78. The van der Waals surface area contributed by atoms with E-state index in [9.17, 15) is 17.6 Å². The van der Waals surface area contributed by atoms with Gasteiger partial charge in [-0.25, -0.2) is 22.5 Å². The lowest BCUT2D eigenvalue weighted by Crippen LogP contribution is -2.32. The molecule has 1 aromatic heterocycles. The lowest BCUT2D eigenvalue weighted by atomic mass is 10.2. The van der Waals surface area contributed by atoms with E-state index >= 15 is 0 Å². The third-order valence-electron chi connectivity index (χ3n) is 4.70. The number of carbonyl (C=O) groups excluding carboxylic acids is 1. The SMILES string of the molecule is CCC(C)NS(=O)(=O)c1ccc(C(=O)NCc2cccnc2Oc2cccc(F)c2)cc1. The van der Waals surface area contributed by atoms with E-state index in [-0.39, 0.29) is 29.3 Å². The van der Waals surface area contributed by atoms with Gasteiger partial charge in [-0.1, -0.05) is 19.1 Å². The largest absolute Gasteiger partial charge is 0.439 e. The molecule has 0 aliphatic carbocycles. The molecule has 0 saturated carbocycles. The molecule has 32 heavy (non-hydrogen) atoms. The molecule has 0 aliphatic heterocycles. The second-order valence-electron chi connectivity index (χ2n) is 7.16. The maximum atomic E-state index is 13.4. The van der Waals surface area contributed by atoms with Gasteiger partial charge in [-0.15, -0.1) is 0 Å². The lowest BCUT2D eigenvalue weighted by molar-refractivity contribution is 0.0950. The van der Waals surface area contributed by atoms with Crippen LogP contribution < -0.4 is 14.8 Å². The van der Waals surface area contributed by atoms with Crippen molar-refractivity contribution in [3.63, 3.8) is 0 Å². The van der Waals surface area contributed by atoms with E-state index < -0.39 is 15.8 Å². The maximum Gasteiger partial charge on any atom is 0.251 e. The van der Waals surface area contributed by atoms with Crippen molar-refractivity contribution in [2.75, 3.05) is 0 Å². The highest BCUT2D eigenvalue weighted by Crippen LogP contribution is 2.23. The average molecular weight is 458 g/mol. The smallest absolute Gasteiger partial charge is 0.251 e. The predicted octanol–water partition coefficient (Wildman–Crippen LogP) is 4.02. The van der Waals surface area contributed by atoms with Gasteiger partial charge in [0.2, 0.25) is 15.9 Å². The number of amides is 1. The minimum Gasteiger partial charge on any atom is -0.439 e. The second kappa shape index (κ2) is 10.3. The third kappa shape index (κ3) is 6.12. The van der Waals surface area contributed by atoms with Crippen LogP contribution in [-0.2, 0) is 16.6 Å². The number of ether oxygens (including phenoxy) is 1. The molecular formula is C23H24FN3O4S. The Hall–Kier alpha value is -3.30. The predicted molar refractivity (Wildman–Crippen MR) is 118 cm³/mol. The first-order valence-electron chi connectivity index (χ1n) is 10.1. The Kier molecular flexibility index (Phi) is 7.55. The first-order valence-corrected chi connectivity index (χ1v) is 11.5. The van der Waals surface area contributed by atoms with Crippen LogP contribution in [0.1, 0.15) is 36.2 Å². The fourth-order valence-electron chi connectivity index (χ4n) is 2.77. The number of nitrogens with one attached hydrogen (secondary N) is 2. The van der Waals surface area contributed by atoms with E-state index in [1.807, 2.05) is 6.92 Å². The van der Waals surface area contributed by atoms with Crippen molar-refractivity contribution >= 4 is 15.9 Å². The van der Waals surface area contributed by atoms with Gasteiger partial charge in [-0.05, 0) is 55.8 Å². The molecule has 0 aliphatic rings. The fraction of sp³-hybridized carbons (Fsp3) is 0.217. The molecule has 9 heteroatoms. The minimum atomic E-state index is -3.64. The van der Waals surface area contributed by atoms with E-state index in [1.165, 1.54) is 48.7 Å². The number of sulfonamides is 1. The molecule has 168 valence electrons. The molecular weight excluding hydrogens is 433 g/mol. The summed E-state index contributed by atoms with van der Waals surface area (Å²) in [5, 5.41) is 2.75. The zero-order valence-corrected chi connectivity index (χ0v) is 18.5. The molecule has 1 atom stereocenters. The summed E-state index contributed by atoms with van der Waals surface area (Å²) in [6, 6.07) is 14.6. The molecule has 1 heterocycles.